The van der Waals surface area contributed by atoms with Crippen LogP contribution in [0.3, 0.4) is 0 Å². The highest BCUT2D eigenvalue weighted by Gasteiger charge is 2.13. The highest BCUT2D eigenvalue weighted by molar-refractivity contribution is 6.04. The Morgan fingerprint density at radius 3 is 2.92 bits per heavy atom. The largest absolute Gasteiger partial charge is 0.319 e. The lowest BCUT2D eigenvalue weighted by molar-refractivity contribution is 0.102. The third kappa shape index (κ3) is 3.61. The van der Waals surface area contributed by atoms with Gasteiger partial charge in [-0.25, -0.2) is 0 Å². The third-order valence-electron chi connectivity index (χ3n) is 4.43. The van der Waals surface area contributed by atoms with Crippen LogP contribution in [-0.4, -0.2) is 22.2 Å². The maximum absolute atomic E-state index is 12.5. The lowest BCUT2D eigenvalue weighted by Gasteiger charge is -2.17. The van der Waals surface area contributed by atoms with Gasteiger partial charge in [0.05, 0.1) is 18.4 Å². The molecule has 5 heteroatoms. The van der Waals surface area contributed by atoms with Gasteiger partial charge in [-0.15, -0.1) is 0 Å². The van der Waals surface area contributed by atoms with Crippen LogP contribution in [0.2, 0.25) is 0 Å². The molecule has 3 aromatic rings. The average Bonchev–Trinajstić information content (AvgIpc) is 3.09. The number of nitrogens with zero attached hydrogens (tertiary/aromatic N) is 2. The van der Waals surface area contributed by atoms with Crippen molar-refractivity contribution in [2.75, 3.05) is 11.9 Å². The van der Waals surface area contributed by atoms with Gasteiger partial charge in [-0.3, -0.25) is 9.48 Å². The summed E-state index contributed by atoms with van der Waals surface area (Å²) in [6.07, 6.45) is 4.50. The van der Waals surface area contributed by atoms with Crippen molar-refractivity contribution in [1.29, 1.82) is 0 Å². The predicted molar refractivity (Wildman–Crippen MR) is 97.6 cm³/mol. The lowest BCUT2D eigenvalue weighted by Crippen LogP contribution is -2.24. The van der Waals surface area contributed by atoms with E-state index in [1.54, 1.807) is 6.20 Å². The molecule has 0 saturated carbocycles. The number of rotatable bonds is 4. The first-order valence-electron chi connectivity index (χ1n) is 8.48. The fraction of sp³-hybridized carbons (Fsp3) is 0.200. The van der Waals surface area contributed by atoms with Crippen LogP contribution in [0.4, 0.5) is 5.69 Å². The molecule has 25 heavy (non-hydrogen) atoms. The standard InChI is InChI=1S/C20H20N4O/c25-20(17-6-7-18-11-21-9-8-16(18)10-17)23-19-12-22-24(14-19)13-15-4-2-1-3-5-15/h1-7,10,12,14,21H,8-9,11,13H2,(H,23,25). The Balaban J connectivity index is 1.44. The minimum atomic E-state index is -0.0967. The molecule has 126 valence electrons. The number of nitrogens with one attached hydrogen (secondary N) is 2. The summed E-state index contributed by atoms with van der Waals surface area (Å²) in [7, 11) is 0. The number of aromatic nitrogens is 2. The number of fused-ring (bicyclic) bond motifs is 1. The van der Waals surface area contributed by atoms with E-state index >= 15 is 0 Å². The molecule has 1 aromatic heterocycles. The van der Waals surface area contributed by atoms with Gasteiger partial charge in [0.15, 0.2) is 0 Å². The zero-order valence-corrected chi connectivity index (χ0v) is 13.9. The van der Waals surface area contributed by atoms with Crippen molar-refractivity contribution < 1.29 is 4.79 Å². The first-order chi connectivity index (χ1) is 12.3. The monoisotopic (exact) mass is 332 g/mol. The summed E-state index contributed by atoms with van der Waals surface area (Å²) in [6.45, 7) is 2.52. The van der Waals surface area contributed by atoms with Crippen molar-refractivity contribution in [3.05, 3.63) is 83.2 Å². The highest BCUT2D eigenvalue weighted by atomic mass is 16.1. The minimum absolute atomic E-state index is 0.0967. The van der Waals surface area contributed by atoms with E-state index in [1.807, 2.05) is 47.3 Å². The summed E-state index contributed by atoms with van der Waals surface area (Å²) in [5.74, 6) is -0.0967. The number of hydrogen-bond donors (Lipinski definition) is 2. The van der Waals surface area contributed by atoms with Gasteiger partial charge in [0.1, 0.15) is 0 Å². The van der Waals surface area contributed by atoms with Crippen LogP contribution < -0.4 is 10.6 Å². The Kier molecular flexibility index (Phi) is 4.31. The predicted octanol–water partition coefficient (Wildman–Crippen LogP) is 2.83. The fourth-order valence-electron chi connectivity index (χ4n) is 3.11. The van der Waals surface area contributed by atoms with E-state index in [1.165, 1.54) is 16.7 Å². The maximum Gasteiger partial charge on any atom is 0.255 e. The first-order valence-corrected chi connectivity index (χ1v) is 8.48. The fourth-order valence-corrected chi connectivity index (χ4v) is 3.11. The van der Waals surface area contributed by atoms with E-state index in [-0.39, 0.29) is 5.91 Å². The molecule has 0 radical (unpaired) electrons. The average molecular weight is 332 g/mol. The summed E-state index contributed by atoms with van der Waals surface area (Å²) in [6, 6.07) is 16.0. The lowest BCUT2D eigenvalue weighted by atomic mass is 9.98. The Hall–Kier alpha value is -2.92. The van der Waals surface area contributed by atoms with Gasteiger partial charge in [0.2, 0.25) is 0 Å². The van der Waals surface area contributed by atoms with Crippen molar-refractivity contribution in [2.45, 2.75) is 19.5 Å². The van der Waals surface area contributed by atoms with E-state index in [9.17, 15) is 4.79 Å². The molecule has 0 bridgehead atoms. The zero-order valence-electron chi connectivity index (χ0n) is 13.9. The molecule has 1 aliphatic heterocycles. The molecule has 0 saturated heterocycles. The molecular formula is C20H20N4O. The van der Waals surface area contributed by atoms with Crippen molar-refractivity contribution in [2.24, 2.45) is 0 Å². The minimum Gasteiger partial charge on any atom is -0.319 e. The first kappa shape index (κ1) is 15.6. The number of amides is 1. The van der Waals surface area contributed by atoms with E-state index in [0.29, 0.717) is 17.8 Å². The highest BCUT2D eigenvalue weighted by Crippen LogP contribution is 2.17. The molecule has 0 atom stereocenters. The third-order valence-corrected chi connectivity index (χ3v) is 4.43. The molecule has 1 aliphatic rings. The second-order valence-corrected chi connectivity index (χ2v) is 6.28. The quantitative estimate of drug-likeness (QED) is 0.772. The van der Waals surface area contributed by atoms with E-state index < -0.39 is 0 Å². The van der Waals surface area contributed by atoms with E-state index in [0.717, 1.165) is 19.5 Å². The van der Waals surface area contributed by atoms with Gasteiger partial charge in [-0.1, -0.05) is 36.4 Å². The van der Waals surface area contributed by atoms with Crippen molar-refractivity contribution in [1.82, 2.24) is 15.1 Å². The van der Waals surface area contributed by atoms with Gasteiger partial charge in [0, 0.05) is 18.3 Å². The molecule has 2 heterocycles. The molecule has 0 fully saturated rings. The Morgan fingerprint density at radius 1 is 1.16 bits per heavy atom. The van der Waals surface area contributed by atoms with E-state index in [2.05, 4.69) is 27.9 Å². The number of benzene rings is 2. The summed E-state index contributed by atoms with van der Waals surface area (Å²) in [5.41, 5.74) is 5.10. The SMILES string of the molecule is O=C(Nc1cnn(Cc2ccccc2)c1)c1ccc2c(c1)CCNC2. The summed E-state index contributed by atoms with van der Waals surface area (Å²) < 4.78 is 1.82. The van der Waals surface area contributed by atoms with Crippen LogP contribution in [0.1, 0.15) is 27.0 Å². The molecule has 0 unspecified atom stereocenters. The second-order valence-electron chi connectivity index (χ2n) is 6.28. The van der Waals surface area contributed by atoms with Crippen LogP contribution in [0, 0.1) is 0 Å². The molecule has 2 N–H and O–H groups in total. The van der Waals surface area contributed by atoms with Crippen LogP contribution in [-0.2, 0) is 19.5 Å². The molecule has 2 aromatic carbocycles. The van der Waals surface area contributed by atoms with E-state index in [4.69, 9.17) is 0 Å². The van der Waals surface area contributed by atoms with Crippen molar-refractivity contribution in [3.8, 4) is 0 Å². The van der Waals surface area contributed by atoms with Gasteiger partial charge in [-0.2, -0.15) is 5.10 Å². The van der Waals surface area contributed by atoms with Gasteiger partial charge < -0.3 is 10.6 Å². The number of carbonyl (C=O) groups excluding carboxylic acids is 1. The molecule has 1 amide bonds. The van der Waals surface area contributed by atoms with Gasteiger partial charge in [-0.05, 0) is 41.8 Å². The maximum atomic E-state index is 12.5. The van der Waals surface area contributed by atoms with Crippen LogP contribution >= 0.6 is 0 Å². The Labute approximate surface area is 146 Å². The zero-order chi connectivity index (χ0) is 17.1. The topological polar surface area (TPSA) is 59.0 Å². The van der Waals surface area contributed by atoms with Crippen LogP contribution in [0.5, 0.6) is 0 Å². The van der Waals surface area contributed by atoms with Crippen molar-refractivity contribution in [3.63, 3.8) is 0 Å². The van der Waals surface area contributed by atoms with Crippen molar-refractivity contribution >= 4 is 11.6 Å². The molecule has 0 aliphatic carbocycles. The normalized spacial score (nSPS) is 13.3. The van der Waals surface area contributed by atoms with Gasteiger partial charge >= 0.3 is 0 Å². The summed E-state index contributed by atoms with van der Waals surface area (Å²) in [5, 5.41) is 10.6. The van der Waals surface area contributed by atoms with Gasteiger partial charge in [0.25, 0.3) is 5.91 Å². The molecular weight excluding hydrogens is 312 g/mol. The molecule has 0 spiro atoms. The second kappa shape index (κ2) is 6.91. The summed E-state index contributed by atoms with van der Waals surface area (Å²) in [4.78, 5) is 12.5. The van der Waals surface area contributed by atoms with Crippen LogP contribution in [0.25, 0.3) is 0 Å². The Morgan fingerprint density at radius 2 is 2.04 bits per heavy atom. The number of carbonyl (C=O) groups is 1. The smallest absolute Gasteiger partial charge is 0.255 e. The summed E-state index contributed by atoms with van der Waals surface area (Å²) >= 11 is 0. The molecule has 5 nitrogen and oxygen atoms in total. The van der Waals surface area contributed by atoms with Crippen LogP contribution in [0.15, 0.2) is 60.9 Å². The molecule has 4 rings (SSSR count). The Bertz CT molecular complexity index is 886. The number of anilines is 1. The number of hydrogen-bond acceptors (Lipinski definition) is 3.